The predicted octanol–water partition coefficient (Wildman–Crippen LogP) is 3.98. The molecular weight excluding hydrogens is 527 g/mol. The number of amides is 2. The van der Waals surface area contributed by atoms with Crippen LogP contribution in [0, 0.1) is 13.7 Å². The second-order valence-electron chi connectivity index (χ2n) is 6.42. The van der Waals surface area contributed by atoms with Crippen molar-refractivity contribution in [3.63, 3.8) is 0 Å². The van der Waals surface area contributed by atoms with Gasteiger partial charge in [0.1, 0.15) is 5.75 Å². The summed E-state index contributed by atoms with van der Waals surface area (Å²) in [6, 6.07) is 19.5. The summed E-state index contributed by atoms with van der Waals surface area (Å²) in [5, 5.41) is 17.4. The molecule has 0 unspecified atom stereocenters. The molecule has 162 valence electrons. The van der Waals surface area contributed by atoms with Crippen molar-refractivity contribution in [1.29, 1.82) is 0 Å². The van der Waals surface area contributed by atoms with Crippen LogP contribution in [0.15, 0.2) is 77.9 Å². The van der Waals surface area contributed by atoms with E-state index in [4.69, 9.17) is 4.74 Å². The number of benzene rings is 3. The van der Waals surface area contributed by atoms with E-state index < -0.39 is 10.8 Å². The van der Waals surface area contributed by atoms with Gasteiger partial charge >= 0.3 is 0 Å². The first-order valence-electron chi connectivity index (χ1n) is 9.27. The highest BCUT2D eigenvalue weighted by molar-refractivity contribution is 14.1. The third-order valence-corrected chi connectivity index (χ3v) is 4.80. The first-order chi connectivity index (χ1) is 15.4. The molecule has 0 spiro atoms. The highest BCUT2D eigenvalue weighted by Gasteiger charge is 2.10. The molecule has 0 atom stereocenters. The van der Waals surface area contributed by atoms with Crippen LogP contribution in [0.1, 0.15) is 15.9 Å². The van der Waals surface area contributed by atoms with Gasteiger partial charge in [-0.15, -0.1) is 0 Å². The molecule has 0 aliphatic rings. The number of carbonyl (C=O) groups excluding carboxylic acids is 2. The first kappa shape index (κ1) is 22.9. The summed E-state index contributed by atoms with van der Waals surface area (Å²) in [7, 11) is 0. The molecule has 0 heterocycles. The van der Waals surface area contributed by atoms with E-state index in [1.165, 1.54) is 30.5 Å². The summed E-state index contributed by atoms with van der Waals surface area (Å²) in [5.41, 5.74) is 3.64. The number of hydrogen-bond donors (Lipinski definition) is 2. The number of hydrogen-bond acceptors (Lipinski definition) is 6. The van der Waals surface area contributed by atoms with Gasteiger partial charge in [0.2, 0.25) is 0 Å². The normalized spacial score (nSPS) is 10.5. The van der Waals surface area contributed by atoms with Crippen LogP contribution in [0.3, 0.4) is 0 Å². The third kappa shape index (κ3) is 6.87. The summed E-state index contributed by atoms with van der Waals surface area (Å²) >= 11 is 2.18. The summed E-state index contributed by atoms with van der Waals surface area (Å²) in [5.74, 6) is -0.342. The van der Waals surface area contributed by atoms with Gasteiger partial charge in [0.25, 0.3) is 17.5 Å². The Bertz CT molecular complexity index is 1150. The van der Waals surface area contributed by atoms with Gasteiger partial charge in [0, 0.05) is 27.0 Å². The summed E-state index contributed by atoms with van der Waals surface area (Å²) < 4.78 is 6.54. The lowest BCUT2D eigenvalue weighted by Gasteiger charge is -2.08. The zero-order chi connectivity index (χ0) is 22.9. The van der Waals surface area contributed by atoms with Crippen molar-refractivity contribution < 1.29 is 19.2 Å². The molecule has 0 bridgehead atoms. The second-order valence-corrected chi connectivity index (χ2v) is 7.66. The topological polar surface area (TPSA) is 123 Å². The van der Waals surface area contributed by atoms with Crippen molar-refractivity contribution in [2.24, 2.45) is 5.10 Å². The maximum atomic E-state index is 12.1. The van der Waals surface area contributed by atoms with Gasteiger partial charge in [-0.1, -0.05) is 6.07 Å². The number of anilines is 1. The van der Waals surface area contributed by atoms with Gasteiger partial charge in [0.05, 0.1) is 11.1 Å². The minimum atomic E-state index is -0.574. The molecule has 0 aromatic heterocycles. The van der Waals surface area contributed by atoms with Crippen molar-refractivity contribution >= 4 is 52.0 Å². The molecule has 0 radical (unpaired) electrons. The fourth-order valence-electron chi connectivity index (χ4n) is 2.52. The lowest BCUT2D eigenvalue weighted by Crippen LogP contribution is -2.20. The Labute approximate surface area is 196 Å². The Morgan fingerprint density at radius 1 is 1.06 bits per heavy atom. The molecular formula is C22H17IN4O5. The number of nitro benzene ring substituents is 1. The predicted molar refractivity (Wildman–Crippen MR) is 128 cm³/mol. The number of nitro groups is 1. The van der Waals surface area contributed by atoms with Crippen LogP contribution < -0.4 is 15.5 Å². The minimum Gasteiger partial charge on any atom is -0.484 e. The molecule has 0 saturated heterocycles. The number of rotatable bonds is 8. The van der Waals surface area contributed by atoms with Crippen LogP contribution in [0.2, 0.25) is 0 Å². The van der Waals surface area contributed by atoms with Crippen molar-refractivity contribution in [2.45, 2.75) is 0 Å². The summed E-state index contributed by atoms with van der Waals surface area (Å²) in [4.78, 5) is 34.3. The second kappa shape index (κ2) is 11.0. The fraction of sp³-hybridized carbons (Fsp3) is 0.0455. The number of non-ortho nitro benzene ring substituents is 1. The lowest BCUT2D eigenvalue weighted by molar-refractivity contribution is -0.384. The Morgan fingerprint density at radius 2 is 1.78 bits per heavy atom. The maximum Gasteiger partial charge on any atom is 0.271 e. The zero-order valence-electron chi connectivity index (χ0n) is 16.5. The van der Waals surface area contributed by atoms with Gasteiger partial charge in [-0.25, -0.2) is 5.43 Å². The fourth-order valence-corrected chi connectivity index (χ4v) is 2.88. The Balaban J connectivity index is 1.47. The van der Waals surface area contributed by atoms with E-state index in [9.17, 15) is 19.7 Å². The molecule has 32 heavy (non-hydrogen) atoms. The standard InChI is InChI=1S/C22H17IN4O5/c23-17-6-8-18(9-7-17)25-21(28)14-32-20-10-4-15(5-11-20)13-24-26-22(29)16-2-1-3-19(12-16)27(30)31/h1-13H,14H2,(H,25,28)(H,26,29)/b24-13-. The van der Waals surface area contributed by atoms with E-state index in [0.717, 1.165) is 3.57 Å². The number of ether oxygens (including phenoxy) is 1. The number of nitrogens with one attached hydrogen (secondary N) is 2. The number of hydrazone groups is 1. The molecule has 3 aromatic rings. The molecule has 0 aliphatic heterocycles. The Kier molecular flexibility index (Phi) is 7.86. The summed E-state index contributed by atoms with van der Waals surface area (Å²) in [6.07, 6.45) is 1.42. The molecule has 10 heteroatoms. The zero-order valence-corrected chi connectivity index (χ0v) is 18.7. The largest absolute Gasteiger partial charge is 0.484 e. The Morgan fingerprint density at radius 3 is 2.47 bits per heavy atom. The van der Waals surface area contributed by atoms with Gasteiger partial charge < -0.3 is 10.1 Å². The van der Waals surface area contributed by atoms with Crippen LogP contribution in [0.5, 0.6) is 5.75 Å². The van der Waals surface area contributed by atoms with Crippen LogP contribution in [0.4, 0.5) is 11.4 Å². The molecule has 2 amide bonds. The number of nitrogens with zero attached hydrogens (tertiary/aromatic N) is 2. The van der Waals surface area contributed by atoms with E-state index in [2.05, 4.69) is 38.4 Å². The minimum absolute atomic E-state index is 0.128. The van der Waals surface area contributed by atoms with Crippen molar-refractivity contribution in [1.82, 2.24) is 5.43 Å². The Hall–Kier alpha value is -3.80. The first-order valence-corrected chi connectivity index (χ1v) is 10.3. The molecule has 3 rings (SSSR count). The van der Waals surface area contributed by atoms with E-state index in [0.29, 0.717) is 17.0 Å². The van der Waals surface area contributed by atoms with Crippen LogP contribution in [0.25, 0.3) is 0 Å². The summed E-state index contributed by atoms with van der Waals surface area (Å²) in [6.45, 7) is -0.140. The maximum absolute atomic E-state index is 12.1. The monoisotopic (exact) mass is 544 g/mol. The molecule has 0 aliphatic carbocycles. The van der Waals surface area contributed by atoms with Gasteiger partial charge in [-0.3, -0.25) is 19.7 Å². The van der Waals surface area contributed by atoms with E-state index in [-0.39, 0.29) is 23.8 Å². The molecule has 0 fully saturated rings. The molecule has 2 N–H and O–H groups in total. The van der Waals surface area contributed by atoms with E-state index in [1.807, 2.05) is 24.3 Å². The van der Waals surface area contributed by atoms with E-state index in [1.54, 1.807) is 24.3 Å². The van der Waals surface area contributed by atoms with Crippen molar-refractivity contribution in [3.05, 3.63) is 97.6 Å². The average molecular weight is 544 g/mol. The highest BCUT2D eigenvalue weighted by Crippen LogP contribution is 2.14. The molecule has 0 saturated carbocycles. The molecule has 9 nitrogen and oxygen atoms in total. The van der Waals surface area contributed by atoms with Crippen LogP contribution in [-0.4, -0.2) is 29.6 Å². The number of carbonyl (C=O) groups is 2. The van der Waals surface area contributed by atoms with E-state index >= 15 is 0 Å². The van der Waals surface area contributed by atoms with Gasteiger partial charge in [-0.2, -0.15) is 5.10 Å². The number of halogens is 1. The lowest BCUT2D eigenvalue weighted by atomic mass is 10.2. The smallest absolute Gasteiger partial charge is 0.271 e. The van der Waals surface area contributed by atoms with Gasteiger partial charge in [0.15, 0.2) is 6.61 Å². The third-order valence-electron chi connectivity index (χ3n) is 4.08. The molecule has 3 aromatic carbocycles. The van der Waals surface area contributed by atoms with Crippen molar-refractivity contribution in [3.8, 4) is 5.75 Å². The quantitative estimate of drug-likeness (QED) is 0.192. The highest BCUT2D eigenvalue weighted by atomic mass is 127. The van der Waals surface area contributed by atoms with Gasteiger partial charge in [-0.05, 0) is 82.8 Å². The van der Waals surface area contributed by atoms with Crippen LogP contribution >= 0.6 is 22.6 Å². The average Bonchev–Trinajstić information content (AvgIpc) is 2.80. The SMILES string of the molecule is O=C(COc1ccc(/C=N\NC(=O)c2cccc([N+](=O)[O-])c2)cc1)Nc1ccc(I)cc1. The van der Waals surface area contributed by atoms with Crippen molar-refractivity contribution in [2.75, 3.05) is 11.9 Å². The van der Waals surface area contributed by atoms with Crippen LogP contribution in [-0.2, 0) is 4.79 Å².